The van der Waals surface area contributed by atoms with Gasteiger partial charge in [-0.3, -0.25) is 25.5 Å². The summed E-state index contributed by atoms with van der Waals surface area (Å²) < 4.78 is 0. The maximum Gasteiger partial charge on any atom is 0.328 e. The van der Waals surface area contributed by atoms with E-state index in [0.717, 1.165) is 0 Å². The van der Waals surface area contributed by atoms with E-state index in [2.05, 4.69) is 20.6 Å². The zero-order valence-electron chi connectivity index (χ0n) is 12.4. The highest BCUT2D eigenvalue weighted by Gasteiger charge is 2.13. The molecule has 0 saturated heterocycles. The number of benzene rings is 1. The van der Waals surface area contributed by atoms with Crippen LogP contribution in [0.15, 0.2) is 30.3 Å². The van der Waals surface area contributed by atoms with Gasteiger partial charge in [0.25, 0.3) is 11.6 Å². The van der Waals surface area contributed by atoms with Crippen LogP contribution in [0.25, 0.3) is 0 Å². The van der Waals surface area contributed by atoms with Gasteiger partial charge in [-0.05, 0) is 32.0 Å². The summed E-state index contributed by atoms with van der Waals surface area (Å²) in [5.41, 5.74) is 1.32. The van der Waals surface area contributed by atoms with Gasteiger partial charge in [0.05, 0.1) is 4.92 Å². The third kappa shape index (κ3) is 4.30. The van der Waals surface area contributed by atoms with Crippen LogP contribution in [0.4, 0.5) is 16.4 Å². The number of nitro benzene ring substituents is 1. The molecule has 0 bridgehead atoms. The smallest absolute Gasteiger partial charge is 0.276 e. The zero-order valence-corrected chi connectivity index (χ0v) is 12.4. The number of nitrogens with one attached hydrogen (secondary N) is 2. The number of carbonyl (C=O) groups is 2. The predicted octanol–water partition coefficient (Wildman–Crippen LogP) is 1.96. The Balaban J connectivity index is 2.01. The lowest BCUT2D eigenvalue weighted by atomic mass is 10.2. The number of imide groups is 1. The van der Waals surface area contributed by atoms with E-state index in [1.54, 1.807) is 19.9 Å². The molecule has 118 valence electrons. The zero-order chi connectivity index (χ0) is 17.0. The van der Waals surface area contributed by atoms with E-state index in [0.29, 0.717) is 11.4 Å². The molecule has 0 aliphatic heterocycles. The second-order valence-corrected chi connectivity index (χ2v) is 4.69. The normalized spacial score (nSPS) is 10.0. The van der Waals surface area contributed by atoms with Crippen molar-refractivity contribution >= 4 is 23.6 Å². The summed E-state index contributed by atoms with van der Waals surface area (Å²) in [6.45, 7) is 3.50. The standard InChI is InChI=1S/C14H13N5O4/c1-8-7-9(2)16-13(15-8)18-14(21)17-12(20)10-3-5-11(6-4-10)19(22)23/h3-7H,1-2H3,(H2,15,16,17,18,20,21). The molecule has 0 saturated carbocycles. The van der Waals surface area contributed by atoms with Crippen molar-refractivity contribution < 1.29 is 14.5 Å². The second kappa shape index (κ2) is 6.60. The Morgan fingerprint density at radius 2 is 1.65 bits per heavy atom. The molecule has 0 aliphatic carbocycles. The van der Waals surface area contributed by atoms with Gasteiger partial charge in [-0.25, -0.2) is 14.8 Å². The molecule has 0 fully saturated rings. The first-order valence-corrected chi connectivity index (χ1v) is 6.54. The van der Waals surface area contributed by atoms with Crippen molar-refractivity contribution in [3.05, 3.63) is 57.4 Å². The minimum absolute atomic E-state index is 0.0801. The monoisotopic (exact) mass is 315 g/mol. The van der Waals surface area contributed by atoms with Gasteiger partial charge in [-0.2, -0.15) is 0 Å². The van der Waals surface area contributed by atoms with E-state index in [1.165, 1.54) is 24.3 Å². The van der Waals surface area contributed by atoms with Gasteiger partial charge in [-0.15, -0.1) is 0 Å². The van der Waals surface area contributed by atoms with Crippen molar-refractivity contribution in [1.29, 1.82) is 0 Å². The van der Waals surface area contributed by atoms with Crippen molar-refractivity contribution in [3.8, 4) is 0 Å². The number of amides is 3. The van der Waals surface area contributed by atoms with E-state index in [9.17, 15) is 19.7 Å². The summed E-state index contributed by atoms with van der Waals surface area (Å²) in [5.74, 6) is -0.613. The van der Waals surface area contributed by atoms with Crippen LogP contribution >= 0.6 is 0 Å². The molecular formula is C14H13N5O4. The first kappa shape index (κ1) is 16.0. The molecule has 0 radical (unpaired) electrons. The molecule has 23 heavy (non-hydrogen) atoms. The number of anilines is 1. The maximum atomic E-state index is 11.9. The average Bonchev–Trinajstić information content (AvgIpc) is 2.45. The van der Waals surface area contributed by atoms with E-state index >= 15 is 0 Å². The highest BCUT2D eigenvalue weighted by molar-refractivity contribution is 6.07. The summed E-state index contributed by atoms with van der Waals surface area (Å²) in [5, 5.41) is 15.0. The Labute approximate surface area is 130 Å². The molecular weight excluding hydrogens is 302 g/mol. The van der Waals surface area contributed by atoms with E-state index < -0.39 is 16.9 Å². The molecule has 3 amide bonds. The van der Waals surface area contributed by atoms with Crippen LogP contribution in [0, 0.1) is 24.0 Å². The molecule has 2 rings (SSSR count). The molecule has 0 unspecified atom stereocenters. The summed E-state index contributed by atoms with van der Waals surface area (Å²) in [6, 6.07) is 5.82. The van der Waals surface area contributed by atoms with Crippen LogP contribution in [-0.4, -0.2) is 26.8 Å². The molecule has 0 aliphatic rings. The van der Waals surface area contributed by atoms with Gasteiger partial charge >= 0.3 is 6.03 Å². The molecule has 2 aromatic rings. The number of rotatable bonds is 3. The number of carbonyl (C=O) groups excluding carboxylic acids is 2. The molecule has 1 aromatic heterocycles. The van der Waals surface area contributed by atoms with Crippen molar-refractivity contribution in [2.24, 2.45) is 0 Å². The average molecular weight is 315 g/mol. The number of hydrogen-bond acceptors (Lipinski definition) is 6. The number of hydrogen-bond donors (Lipinski definition) is 2. The molecule has 1 aromatic carbocycles. The summed E-state index contributed by atoms with van der Waals surface area (Å²) in [6.07, 6.45) is 0. The second-order valence-electron chi connectivity index (χ2n) is 4.69. The molecule has 2 N–H and O–H groups in total. The third-order valence-corrected chi connectivity index (χ3v) is 2.77. The van der Waals surface area contributed by atoms with Crippen LogP contribution in [0.5, 0.6) is 0 Å². The lowest BCUT2D eigenvalue weighted by Gasteiger charge is -2.06. The molecule has 9 nitrogen and oxygen atoms in total. The SMILES string of the molecule is Cc1cc(C)nc(NC(=O)NC(=O)c2ccc([N+](=O)[O-])cc2)n1. The van der Waals surface area contributed by atoms with Gasteiger partial charge in [0.1, 0.15) is 0 Å². The number of non-ortho nitro benzene ring substituents is 1. The summed E-state index contributed by atoms with van der Waals surface area (Å²) >= 11 is 0. The van der Waals surface area contributed by atoms with Gasteiger partial charge in [0, 0.05) is 29.1 Å². The Morgan fingerprint density at radius 1 is 1.09 bits per heavy atom. The minimum atomic E-state index is -0.793. The van der Waals surface area contributed by atoms with E-state index in [1.807, 2.05) is 0 Å². The third-order valence-electron chi connectivity index (χ3n) is 2.77. The Bertz CT molecular complexity index is 753. The quantitative estimate of drug-likeness (QED) is 0.658. The van der Waals surface area contributed by atoms with Crippen molar-refractivity contribution in [1.82, 2.24) is 15.3 Å². The van der Waals surface area contributed by atoms with Gasteiger partial charge < -0.3 is 0 Å². The Kier molecular flexibility index (Phi) is 4.60. The summed E-state index contributed by atoms with van der Waals surface area (Å²) in [4.78, 5) is 41.6. The number of aromatic nitrogens is 2. The van der Waals surface area contributed by atoms with Crippen LogP contribution in [0.1, 0.15) is 21.7 Å². The van der Waals surface area contributed by atoms with E-state index in [-0.39, 0.29) is 17.2 Å². The number of nitro groups is 1. The Morgan fingerprint density at radius 3 is 2.17 bits per heavy atom. The first-order chi connectivity index (χ1) is 10.8. The van der Waals surface area contributed by atoms with Crippen molar-refractivity contribution in [2.45, 2.75) is 13.8 Å². The topological polar surface area (TPSA) is 127 Å². The fraction of sp³-hybridized carbons (Fsp3) is 0.143. The van der Waals surface area contributed by atoms with Gasteiger partial charge in [0.2, 0.25) is 5.95 Å². The van der Waals surface area contributed by atoms with E-state index in [4.69, 9.17) is 0 Å². The van der Waals surface area contributed by atoms with Gasteiger partial charge in [0.15, 0.2) is 0 Å². The highest BCUT2D eigenvalue weighted by Crippen LogP contribution is 2.11. The number of aryl methyl sites for hydroxylation is 2. The lowest BCUT2D eigenvalue weighted by molar-refractivity contribution is -0.384. The number of nitrogens with zero attached hydrogens (tertiary/aromatic N) is 3. The summed E-state index contributed by atoms with van der Waals surface area (Å²) in [7, 11) is 0. The molecule has 0 atom stereocenters. The molecule has 0 spiro atoms. The fourth-order valence-corrected chi connectivity index (χ4v) is 1.82. The van der Waals surface area contributed by atoms with Crippen molar-refractivity contribution in [3.63, 3.8) is 0 Å². The van der Waals surface area contributed by atoms with Crippen LogP contribution in [0.2, 0.25) is 0 Å². The van der Waals surface area contributed by atoms with Crippen LogP contribution in [-0.2, 0) is 0 Å². The van der Waals surface area contributed by atoms with Gasteiger partial charge in [-0.1, -0.05) is 0 Å². The molecule has 9 heteroatoms. The predicted molar refractivity (Wildman–Crippen MR) is 81.1 cm³/mol. The highest BCUT2D eigenvalue weighted by atomic mass is 16.6. The molecule has 1 heterocycles. The lowest BCUT2D eigenvalue weighted by Crippen LogP contribution is -2.34. The fourth-order valence-electron chi connectivity index (χ4n) is 1.82. The minimum Gasteiger partial charge on any atom is -0.276 e. The maximum absolute atomic E-state index is 11.9. The van der Waals surface area contributed by atoms with Crippen molar-refractivity contribution in [2.75, 3.05) is 5.32 Å². The van der Waals surface area contributed by atoms with Crippen LogP contribution < -0.4 is 10.6 Å². The largest absolute Gasteiger partial charge is 0.328 e. The van der Waals surface area contributed by atoms with Crippen LogP contribution in [0.3, 0.4) is 0 Å². The number of urea groups is 1. The first-order valence-electron chi connectivity index (χ1n) is 6.54. The Hall–Kier alpha value is -3.36.